The number of benzene rings is 1. The fourth-order valence-corrected chi connectivity index (χ4v) is 2.91. The number of alkyl halides is 3. The van der Waals surface area contributed by atoms with Crippen LogP contribution in [0.3, 0.4) is 0 Å². The Labute approximate surface area is 147 Å². The van der Waals surface area contributed by atoms with E-state index in [-0.39, 0.29) is 12.0 Å². The van der Waals surface area contributed by atoms with E-state index in [0.29, 0.717) is 30.8 Å². The highest BCUT2D eigenvalue weighted by molar-refractivity contribution is 6.68. The number of halogens is 4. The Morgan fingerprint density at radius 3 is 2.64 bits per heavy atom. The second-order valence-corrected chi connectivity index (χ2v) is 5.99. The molecule has 1 atom stereocenters. The van der Waals surface area contributed by atoms with Crippen LogP contribution in [0.1, 0.15) is 22.3 Å². The topological polar surface area (TPSA) is 42.4 Å². The molecule has 0 amide bonds. The zero-order chi connectivity index (χ0) is 18.0. The summed E-state index contributed by atoms with van der Waals surface area (Å²) in [7, 11) is 0. The summed E-state index contributed by atoms with van der Waals surface area (Å²) < 4.78 is 43.3. The first-order valence-electron chi connectivity index (χ1n) is 7.58. The van der Waals surface area contributed by atoms with E-state index in [0.717, 1.165) is 12.3 Å². The predicted molar refractivity (Wildman–Crippen MR) is 87.1 cm³/mol. The van der Waals surface area contributed by atoms with Gasteiger partial charge in [0.05, 0.1) is 17.7 Å². The van der Waals surface area contributed by atoms with E-state index in [4.69, 9.17) is 16.3 Å². The minimum absolute atomic E-state index is 0.140. The normalized spacial score (nSPS) is 17.6. The second-order valence-electron chi connectivity index (χ2n) is 5.65. The zero-order valence-electron chi connectivity index (χ0n) is 13.0. The summed E-state index contributed by atoms with van der Waals surface area (Å²) in [5.41, 5.74) is 0.314. The Morgan fingerprint density at radius 2 is 2.00 bits per heavy atom. The van der Waals surface area contributed by atoms with E-state index in [1.807, 2.05) is 11.0 Å². The molecule has 1 aromatic carbocycles. The van der Waals surface area contributed by atoms with Crippen molar-refractivity contribution in [1.82, 2.24) is 4.98 Å². The van der Waals surface area contributed by atoms with Crippen molar-refractivity contribution in [3.63, 3.8) is 0 Å². The van der Waals surface area contributed by atoms with Crippen LogP contribution in [0.4, 0.5) is 18.9 Å². The van der Waals surface area contributed by atoms with Crippen molar-refractivity contribution in [2.45, 2.75) is 18.7 Å². The first-order chi connectivity index (χ1) is 11.8. The highest BCUT2D eigenvalue weighted by Gasteiger charge is 2.31. The summed E-state index contributed by atoms with van der Waals surface area (Å²) in [6.45, 7) is 1.14. The Kier molecular flexibility index (Phi) is 4.85. The van der Waals surface area contributed by atoms with Crippen molar-refractivity contribution in [3.8, 4) is 5.88 Å². The molecule has 0 saturated carbocycles. The second kappa shape index (κ2) is 6.92. The Bertz CT molecular complexity index is 765. The van der Waals surface area contributed by atoms with Crippen LogP contribution in [0.15, 0.2) is 42.6 Å². The number of pyridine rings is 1. The molecular weight excluding hydrogens is 357 g/mol. The fraction of sp³-hybridized carbons (Fsp3) is 0.294. The third-order valence-electron chi connectivity index (χ3n) is 3.95. The molecule has 0 unspecified atom stereocenters. The molecule has 2 heterocycles. The SMILES string of the molecule is O=C(Cl)c1ccccc1N1CC[C@@H](Oc2ccc(C(F)(F)F)cn2)C1. The number of aromatic nitrogens is 1. The van der Waals surface area contributed by atoms with Crippen LogP contribution < -0.4 is 9.64 Å². The van der Waals surface area contributed by atoms with Gasteiger partial charge >= 0.3 is 6.18 Å². The molecule has 0 radical (unpaired) electrons. The van der Waals surface area contributed by atoms with Gasteiger partial charge in [-0.2, -0.15) is 13.2 Å². The van der Waals surface area contributed by atoms with Crippen LogP contribution in [0.5, 0.6) is 5.88 Å². The lowest BCUT2D eigenvalue weighted by Gasteiger charge is -2.20. The number of hydrogen-bond acceptors (Lipinski definition) is 4. The number of para-hydroxylation sites is 1. The van der Waals surface area contributed by atoms with Crippen molar-refractivity contribution in [3.05, 3.63) is 53.7 Å². The molecule has 0 N–H and O–H groups in total. The van der Waals surface area contributed by atoms with Gasteiger partial charge in [0.15, 0.2) is 0 Å². The lowest BCUT2D eigenvalue weighted by Crippen LogP contribution is -2.25. The van der Waals surface area contributed by atoms with E-state index >= 15 is 0 Å². The Hall–Kier alpha value is -2.28. The number of hydrogen-bond donors (Lipinski definition) is 0. The van der Waals surface area contributed by atoms with Crippen LogP contribution in [0, 0.1) is 0 Å². The molecule has 132 valence electrons. The summed E-state index contributed by atoms with van der Waals surface area (Å²) in [4.78, 5) is 17.2. The Morgan fingerprint density at radius 1 is 1.24 bits per heavy atom. The van der Waals surface area contributed by atoms with E-state index in [2.05, 4.69) is 4.98 Å². The van der Waals surface area contributed by atoms with Gasteiger partial charge in [0.2, 0.25) is 5.88 Å². The quantitative estimate of drug-likeness (QED) is 0.759. The highest BCUT2D eigenvalue weighted by atomic mass is 35.5. The average molecular weight is 371 g/mol. The maximum atomic E-state index is 12.5. The van der Waals surface area contributed by atoms with Gasteiger partial charge in [0.1, 0.15) is 6.10 Å². The first-order valence-corrected chi connectivity index (χ1v) is 7.96. The predicted octanol–water partition coefficient (Wildman–Crippen LogP) is 4.14. The Balaban J connectivity index is 1.67. The van der Waals surface area contributed by atoms with Crippen LogP contribution in [0.2, 0.25) is 0 Å². The highest BCUT2D eigenvalue weighted by Crippen LogP contribution is 2.30. The summed E-state index contributed by atoms with van der Waals surface area (Å²) in [5.74, 6) is 0.140. The van der Waals surface area contributed by atoms with Crippen LogP contribution >= 0.6 is 11.6 Å². The molecule has 25 heavy (non-hydrogen) atoms. The van der Waals surface area contributed by atoms with Crippen LogP contribution in [-0.2, 0) is 6.18 Å². The van der Waals surface area contributed by atoms with E-state index in [9.17, 15) is 18.0 Å². The third-order valence-corrected chi connectivity index (χ3v) is 4.16. The van der Waals surface area contributed by atoms with Crippen LogP contribution in [-0.4, -0.2) is 29.4 Å². The number of carbonyl (C=O) groups excluding carboxylic acids is 1. The van der Waals surface area contributed by atoms with Crippen LogP contribution in [0.25, 0.3) is 0 Å². The molecule has 0 bridgehead atoms. The van der Waals surface area contributed by atoms with E-state index < -0.39 is 17.0 Å². The van der Waals surface area contributed by atoms with Gasteiger partial charge in [0.25, 0.3) is 5.24 Å². The molecule has 1 aliphatic rings. The molecule has 1 aliphatic heterocycles. The van der Waals surface area contributed by atoms with Gasteiger partial charge < -0.3 is 9.64 Å². The van der Waals surface area contributed by atoms with Gasteiger partial charge in [-0.15, -0.1) is 0 Å². The van der Waals surface area contributed by atoms with Gasteiger partial charge in [-0.3, -0.25) is 4.79 Å². The maximum Gasteiger partial charge on any atom is 0.417 e. The van der Waals surface area contributed by atoms with Crippen molar-refractivity contribution >= 4 is 22.5 Å². The standard InChI is InChI=1S/C17H14ClF3N2O2/c18-16(24)13-3-1-2-4-14(13)23-8-7-12(10-23)25-15-6-5-11(9-22-15)17(19,20)21/h1-6,9,12H,7-8,10H2/t12-/m1/s1. The zero-order valence-corrected chi connectivity index (χ0v) is 13.7. The van der Waals surface area contributed by atoms with Crippen molar-refractivity contribution in [2.24, 2.45) is 0 Å². The molecule has 4 nitrogen and oxygen atoms in total. The van der Waals surface area contributed by atoms with Crippen molar-refractivity contribution in [2.75, 3.05) is 18.0 Å². The minimum atomic E-state index is -4.42. The molecule has 1 saturated heterocycles. The maximum absolute atomic E-state index is 12.5. The lowest BCUT2D eigenvalue weighted by atomic mass is 10.2. The largest absolute Gasteiger partial charge is 0.472 e. The van der Waals surface area contributed by atoms with Gasteiger partial charge in [-0.05, 0) is 29.8 Å². The lowest BCUT2D eigenvalue weighted by molar-refractivity contribution is -0.137. The molecule has 2 aromatic rings. The molecule has 1 aromatic heterocycles. The number of ether oxygens (including phenoxy) is 1. The first kappa shape index (κ1) is 17.5. The smallest absolute Gasteiger partial charge is 0.417 e. The summed E-state index contributed by atoms with van der Waals surface area (Å²) in [6, 6.07) is 9.14. The molecule has 3 rings (SSSR count). The monoisotopic (exact) mass is 370 g/mol. The van der Waals surface area contributed by atoms with Gasteiger partial charge in [-0.25, -0.2) is 4.98 Å². The fourth-order valence-electron chi connectivity index (χ4n) is 2.75. The minimum Gasteiger partial charge on any atom is -0.472 e. The summed E-state index contributed by atoms with van der Waals surface area (Å²) in [6.07, 6.45) is -3.24. The molecule has 0 spiro atoms. The molecular formula is C17H14ClF3N2O2. The van der Waals surface area contributed by atoms with Gasteiger partial charge in [0, 0.05) is 30.9 Å². The number of anilines is 1. The average Bonchev–Trinajstić information content (AvgIpc) is 3.03. The molecule has 1 fully saturated rings. The van der Waals surface area contributed by atoms with Crippen molar-refractivity contribution < 1.29 is 22.7 Å². The third kappa shape index (κ3) is 4.04. The molecule has 8 heteroatoms. The number of rotatable bonds is 4. The number of nitrogens with zero attached hydrogens (tertiary/aromatic N) is 2. The molecule has 0 aliphatic carbocycles. The number of carbonyl (C=O) groups is 1. The van der Waals surface area contributed by atoms with Crippen molar-refractivity contribution in [1.29, 1.82) is 0 Å². The summed E-state index contributed by atoms with van der Waals surface area (Å²) >= 11 is 5.61. The van der Waals surface area contributed by atoms with E-state index in [1.165, 1.54) is 6.07 Å². The van der Waals surface area contributed by atoms with Gasteiger partial charge in [-0.1, -0.05) is 12.1 Å². The van der Waals surface area contributed by atoms with E-state index in [1.54, 1.807) is 18.2 Å². The summed E-state index contributed by atoms with van der Waals surface area (Å²) in [5, 5.41) is -0.538.